The summed E-state index contributed by atoms with van der Waals surface area (Å²) in [5.41, 5.74) is 1.51. The van der Waals surface area contributed by atoms with Crippen molar-refractivity contribution in [1.82, 2.24) is 30.8 Å². The lowest BCUT2D eigenvalue weighted by atomic mass is 10.1. The molecule has 1 aromatic heterocycles. The molecule has 1 amide bonds. The van der Waals surface area contributed by atoms with Crippen molar-refractivity contribution in [3.8, 4) is 11.4 Å². The summed E-state index contributed by atoms with van der Waals surface area (Å²) in [6.07, 6.45) is 0. The molecule has 0 fully saturated rings. The Hall–Kier alpha value is -2.33. The summed E-state index contributed by atoms with van der Waals surface area (Å²) in [6, 6.07) is 15.1. The number of hydrogen-bond acceptors (Lipinski definition) is 7. The molecule has 3 rings (SSSR count). The van der Waals surface area contributed by atoms with E-state index in [2.05, 4.69) is 26.2 Å². The largest absolute Gasteiger partial charge is 0.483 e. The molecule has 0 aliphatic heterocycles. The van der Waals surface area contributed by atoms with Gasteiger partial charge in [-0.25, -0.2) is 0 Å². The molecule has 3 aromatic rings. The van der Waals surface area contributed by atoms with Gasteiger partial charge in [-0.3, -0.25) is 4.79 Å². The van der Waals surface area contributed by atoms with Gasteiger partial charge in [0, 0.05) is 35.0 Å². The van der Waals surface area contributed by atoms with Gasteiger partial charge in [-0.1, -0.05) is 41.6 Å². The van der Waals surface area contributed by atoms with E-state index in [-0.39, 0.29) is 30.5 Å². The summed E-state index contributed by atoms with van der Waals surface area (Å²) in [5, 5.41) is 19.6. The molecular weight excluding hydrogens is 483 g/mol. The number of nitrogens with zero attached hydrogens (tertiary/aromatic N) is 4. The van der Waals surface area contributed by atoms with Gasteiger partial charge in [-0.15, -0.1) is 17.5 Å². The highest BCUT2D eigenvalue weighted by Crippen LogP contribution is 2.23. The van der Waals surface area contributed by atoms with E-state index >= 15 is 0 Å². The van der Waals surface area contributed by atoms with Gasteiger partial charge < -0.3 is 15.4 Å². The third-order valence-corrected chi connectivity index (χ3v) is 5.32. The van der Waals surface area contributed by atoms with Crippen molar-refractivity contribution in [3.63, 3.8) is 0 Å². The number of carbonyl (C=O) groups excluding carboxylic acids is 1. The summed E-state index contributed by atoms with van der Waals surface area (Å²) < 4.78 is 7.45. The first kappa shape index (κ1) is 26.9. The summed E-state index contributed by atoms with van der Waals surface area (Å²) in [7, 11) is 0. The van der Waals surface area contributed by atoms with Crippen LogP contribution in [-0.4, -0.2) is 50.6 Å². The summed E-state index contributed by atoms with van der Waals surface area (Å²) in [4.78, 5) is 12.1. The summed E-state index contributed by atoms with van der Waals surface area (Å²) in [5.74, 6) is 1.24. The predicted octanol–water partition coefficient (Wildman–Crippen LogP) is 3.91. The number of aromatic nitrogens is 4. The van der Waals surface area contributed by atoms with E-state index in [0.29, 0.717) is 17.3 Å². The molecule has 0 saturated carbocycles. The van der Waals surface area contributed by atoms with E-state index in [4.69, 9.17) is 16.3 Å². The number of carbonyl (C=O) groups is 1. The van der Waals surface area contributed by atoms with Crippen LogP contribution in [0.3, 0.4) is 0 Å². The molecule has 0 spiro atoms. The fourth-order valence-corrected chi connectivity index (χ4v) is 3.84. The molecule has 0 radical (unpaired) electrons. The minimum absolute atomic E-state index is 0. The van der Waals surface area contributed by atoms with Crippen LogP contribution in [0, 0.1) is 0 Å². The molecule has 33 heavy (non-hydrogen) atoms. The van der Waals surface area contributed by atoms with Crippen LogP contribution in [0.2, 0.25) is 5.02 Å². The number of halogens is 2. The summed E-state index contributed by atoms with van der Waals surface area (Å²) in [6.45, 7) is 7.02. The molecular formula is C22H28Cl2N6O2S. The molecule has 0 aliphatic carbocycles. The Bertz CT molecular complexity index is 1030. The van der Waals surface area contributed by atoms with Crippen LogP contribution in [0.15, 0.2) is 53.7 Å². The van der Waals surface area contributed by atoms with Crippen LogP contribution in [-0.2, 0) is 11.3 Å². The van der Waals surface area contributed by atoms with Crippen molar-refractivity contribution in [1.29, 1.82) is 0 Å². The van der Waals surface area contributed by atoms with Gasteiger partial charge >= 0.3 is 0 Å². The van der Waals surface area contributed by atoms with Gasteiger partial charge in [-0.05, 0) is 61.5 Å². The monoisotopic (exact) mass is 510 g/mol. The maximum Gasteiger partial charge on any atom is 0.258 e. The van der Waals surface area contributed by atoms with Crippen LogP contribution >= 0.6 is 35.8 Å². The van der Waals surface area contributed by atoms with E-state index in [0.717, 1.165) is 28.7 Å². The number of nitrogens with one attached hydrogen (secondary N) is 2. The number of thioether (sulfide) groups is 1. The van der Waals surface area contributed by atoms with Gasteiger partial charge in [0.15, 0.2) is 6.61 Å². The first-order valence-corrected chi connectivity index (χ1v) is 11.6. The van der Waals surface area contributed by atoms with Gasteiger partial charge in [0.25, 0.3) is 5.91 Å². The maximum atomic E-state index is 12.1. The number of benzene rings is 2. The molecule has 0 atom stereocenters. The van der Waals surface area contributed by atoms with Crippen molar-refractivity contribution >= 4 is 41.7 Å². The third-order valence-electron chi connectivity index (χ3n) is 4.16. The van der Waals surface area contributed by atoms with Gasteiger partial charge in [0.1, 0.15) is 5.75 Å². The van der Waals surface area contributed by atoms with Crippen LogP contribution in [0.1, 0.15) is 26.3 Å². The Morgan fingerprint density at radius 1 is 1.18 bits per heavy atom. The minimum atomic E-state index is -0.303. The molecule has 0 unspecified atom stereocenters. The van der Waals surface area contributed by atoms with Crippen molar-refractivity contribution in [3.05, 3.63) is 59.1 Å². The predicted molar refractivity (Wildman–Crippen MR) is 134 cm³/mol. The molecule has 11 heteroatoms. The average Bonchev–Trinajstić information content (AvgIpc) is 3.21. The lowest BCUT2D eigenvalue weighted by Crippen LogP contribution is -2.43. The Labute approximate surface area is 209 Å². The lowest BCUT2D eigenvalue weighted by Gasteiger charge is -2.21. The number of hydrogen-bond donors (Lipinski definition) is 2. The zero-order chi connectivity index (χ0) is 23.0. The molecule has 0 bridgehead atoms. The lowest BCUT2D eigenvalue weighted by molar-refractivity contribution is -0.124. The van der Waals surface area contributed by atoms with Gasteiger partial charge in [-0.2, -0.15) is 4.68 Å². The fourth-order valence-electron chi connectivity index (χ4n) is 2.86. The number of amides is 1. The molecule has 8 nitrogen and oxygen atoms in total. The highest BCUT2D eigenvalue weighted by molar-refractivity contribution is 7.99. The Morgan fingerprint density at radius 3 is 2.67 bits per heavy atom. The molecule has 0 aliphatic rings. The molecule has 178 valence electrons. The SMILES string of the molecule is CC(C)(C)NC(=O)COc1ccc(Cl)cc1CNCCSc1nnnn1-c1ccccc1.Cl. The zero-order valence-corrected chi connectivity index (χ0v) is 21.1. The van der Waals surface area contributed by atoms with Crippen LogP contribution in [0.5, 0.6) is 5.75 Å². The Morgan fingerprint density at radius 2 is 1.94 bits per heavy atom. The highest BCUT2D eigenvalue weighted by atomic mass is 35.5. The number of ether oxygens (including phenoxy) is 1. The van der Waals surface area contributed by atoms with E-state index < -0.39 is 0 Å². The molecule has 1 heterocycles. The van der Waals surface area contributed by atoms with Gasteiger partial charge in [0.2, 0.25) is 5.16 Å². The Kier molecular flexibility index (Phi) is 10.4. The number of tetrazole rings is 1. The minimum Gasteiger partial charge on any atom is -0.483 e. The first-order chi connectivity index (χ1) is 15.3. The average molecular weight is 511 g/mol. The van der Waals surface area contributed by atoms with Crippen molar-refractivity contribution < 1.29 is 9.53 Å². The topological polar surface area (TPSA) is 94.0 Å². The van der Waals surface area contributed by atoms with E-state index in [1.54, 1.807) is 28.6 Å². The first-order valence-electron chi connectivity index (χ1n) is 10.2. The van der Waals surface area contributed by atoms with E-state index in [1.165, 1.54) is 0 Å². The van der Waals surface area contributed by atoms with Crippen LogP contribution in [0.4, 0.5) is 0 Å². The second kappa shape index (κ2) is 12.8. The number of rotatable bonds is 10. The van der Waals surface area contributed by atoms with Gasteiger partial charge in [0.05, 0.1) is 5.69 Å². The standard InChI is InChI=1S/C22H27ClN6O2S.ClH/c1-22(2,3)25-20(30)15-31-19-10-9-17(23)13-16(19)14-24-11-12-32-21-26-27-28-29(21)18-7-5-4-6-8-18;/h4-10,13,24H,11-12,14-15H2,1-3H3,(H,25,30);1H. The quantitative estimate of drug-likeness (QED) is 0.315. The Balaban J connectivity index is 0.00000385. The van der Waals surface area contributed by atoms with Crippen LogP contribution < -0.4 is 15.4 Å². The maximum absolute atomic E-state index is 12.1. The third kappa shape index (κ3) is 8.85. The van der Waals surface area contributed by atoms with Crippen molar-refractivity contribution in [2.75, 3.05) is 18.9 Å². The van der Waals surface area contributed by atoms with E-state index in [9.17, 15) is 4.79 Å². The van der Waals surface area contributed by atoms with Crippen LogP contribution in [0.25, 0.3) is 5.69 Å². The second-order valence-electron chi connectivity index (χ2n) is 8.07. The fraction of sp³-hybridized carbons (Fsp3) is 0.364. The zero-order valence-electron chi connectivity index (χ0n) is 18.7. The normalized spacial score (nSPS) is 11.0. The smallest absolute Gasteiger partial charge is 0.258 e. The molecule has 2 aromatic carbocycles. The number of para-hydroxylation sites is 1. The molecule has 2 N–H and O–H groups in total. The highest BCUT2D eigenvalue weighted by Gasteiger charge is 2.15. The summed E-state index contributed by atoms with van der Waals surface area (Å²) >= 11 is 7.72. The van der Waals surface area contributed by atoms with Crippen molar-refractivity contribution in [2.45, 2.75) is 38.0 Å². The molecule has 0 saturated heterocycles. The van der Waals surface area contributed by atoms with E-state index in [1.807, 2.05) is 57.2 Å². The second-order valence-corrected chi connectivity index (χ2v) is 9.57. The van der Waals surface area contributed by atoms with Crippen molar-refractivity contribution in [2.24, 2.45) is 0 Å².